The molecule has 1 unspecified atom stereocenters. The molecule has 0 saturated carbocycles. The van der Waals surface area contributed by atoms with Crippen LogP contribution in [0.5, 0.6) is 0 Å². The van der Waals surface area contributed by atoms with Gasteiger partial charge in [0.15, 0.2) is 0 Å². The van der Waals surface area contributed by atoms with Crippen LogP contribution in [0.4, 0.5) is 5.82 Å². The number of nitrogens with zero attached hydrogens (tertiary/aromatic N) is 2. The normalized spacial score (nSPS) is 26.4. The van der Waals surface area contributed by atoms with Gasteiger partial charge in [0.1, 0.15) is 12.0 Å². The largest absolute Gasteiger partial charge is 0.383 e. The number of aromatic nitrogens is 2. The molecule has 0 aliphatic carbocycles. The summed E-state index contributed by atoms with van der Waals surface area (Å²) in [7, 11) is 0. The summed E-state index contributed by atoms with van der Waals surface area (Å²) in [5.74, 6) is 0.515. The molecule has 1 aromatic rings. The molecular formula is C17H29N3O2. The van der Waals surface area contributed by atoms with Gasteiger partial charge in [0, 0.05) is 12.1 Å². The highest BCUT2D eigenvalue weighted by Crippen LogP contribution is 2.46. The van der Waals surface area contributed by atoms with Gasteiger partial charge in [-0.3, -0.25) is 4.57 Å². The summed E-state index contributed by atoms with van der Waals surface area (Å²) in [6, 6.07) is 1.65. The van der Waals surface area contributed by atoms with E-state index in [0.29, 0.717) is 0 Å². The van der Waals surface area contributed by atoms with Crippen LogP contribution in [0.25, 0.3) is 0 Å². The second kappa shape index (κ2) is 5.69. The topological polar surface area (TPSA) is 70.1 Å². The summed E-state index contributed by atoms with van der Waals surface area (Å²) >= 11 is 0. The molecule has 1 fully saturated rings. The fraction of sp³-hybridized carbons (Fsp3) is 0.765. The lowest BCUT2D eigenvalue weighted by Gasteiger charge is -2.31. The van der Waals surface area contributed by atoms with E-state index in [1.807, 2.05) is 0 Å². The summed E-state index contributed by atoms with van der Waals surface area (Å²) in [6.45, 7) is 13.2. The first-order valence-electron chi connectivity index (χ1n) is 7.97. The van der Waals surface area contributed by atoms with E-state index in [4.69, 9.17) is 10.5 Å². The second-order valence-electron chi connectivity index (χ2n) is 8.66. The minimum Gasteiger partial charge on any atom is -0.383 e. The van der Waals surface area contributed by atoms with Gasteiger partial charge >= 0.3 is 5.69 Å². The van der Waals surface area contributed by atoms with Crippen molar-refractivity contribution in [1.82, 2.24) is 9.55 Å². The van der Waals surface area contributed by atoms with Crippen molar-refractivity contribution in [1.29, 1.82) is 0 Å². The molecular weight excluding hydrogens is 278 g/mol. The quantitative estimate of drug-likeness (QED) is 0.910. The third-order valence-electron chi connectivity index (χ3n) is 4.27. The van der Waals surface area contributed by atoms with Crippen LogP contribution in [0.2, 0.25) is 0 Å². The Morgan fingerprint density at radius 1 is 1.32 bits per heavy atom. The third-order valence-corrected chi connectivity index (χ3v) is 4.27. The van der Waals surface area contributed by atoms with Gasteiger partial charge in [-0.2, -0.15) is 4.98 Å². The molecule has 0 spiro atoms. The first kappa shape index (κ1) is 17.0. The van der Waals surface area contributed by atoms with Crippen LogP contribution in [0, 0.1) is 16.7 Å². The van der Waals surface area contributed by atoms with Crippen molar-refractivity contribution in [3.63, 3.8) is 0 Å². The van der Waals surface area contributed by atoms with Gasteiger partial charge < -0.3 is 10.5 Å². The number of anilines is 1. The third kappa shape index (κ3) is 3.88. The predicted octanol–water partition coefficient (Wildman–Crippen LogP) is 3.21. The average molecular weight is 307 g/mol. The number of hydrogen-bond donors (Lipinski definition) is 1. The zero-order chi connectivity index (χ0) is 16.7. The van der Waals surface area contributed by atoms with Gasteiger partial charge in [-0.05, 0) is 29.7 Å². The van der Waals surface area contributed by atoms with Gasteiger partial charge in [0.05, 0.1) is 6.10 Å². The smallest absolute Gasteiger partial charge is 0.351 e. The van der Waals surface area contributed by atoms with Gasteiger partial charge in [-0.25, -0.2) is 4.79 Å². The lowest BCUT2D eigenvalue weighted by atomic mass is 9.76. The number of hydrogen-bond acceptors (Lipinski definition) is 4. The van der Waals surface area contributed by atoms with Crippen LogP contribution >= 0.6 is 0 Å². The number of nitrogen functional groups attached to an aromatic ring is 1. The Bertz CT molecular complexity index is 581. The molecule has 1 aromatic heterocycles. The molecule has 0 bridgehead atoms. The van der Waals surface area contributed by atoms with Crippen LogP contribution in [0.1, 0.15) is 60.6 Å². The first-order chi connectivity index (χ1) is 9.97. The van der Waals surface area contributed by atoms with Gasteiger partial charge in [-0.15, -0.1) is 0 Å². The van der Waals surface area contributed by atoms with E-state index in [9.17, 15) is 4.79 Å². The van der Waals surface area contributed by atoms with Crippen molar-refractivity contribution in [3.8, 4) is 0 Å². The Kier molecular flexibility index (Phi) is 4.39. The van der Waals surface area contributed by atoms with Gasteiger partial charge in [0.2, 0.25) is 0 Å². The van der Waals surface area contributed by atoms with Crippen molar-refractivity contribution < 1.29 is 4.74 Å². The fourth-order valence-electron chi connectivity index (χ4n) is 3.22. The lowest BCUT2D eigenvalue weighted by molar-refractivity contribution is -0.0431. The molecule has 0 aromatic carbocycles. The number of nitrogens with two attached hydrogens (primary N) is 1. The van der Waals surface area contributed by atoms with Crippen molar-refractivity contribution in [2.75, 3.05) is 5.73 Å². The maximum Gasteiger partial charge on any atom is 0.351 e. The Labute approximate surface area is 132 Å². The highest BCUT2D eigenvalue weighted by molar-refractivity contribution is 5.23. The van der Waals surface area contributed by atoms with Crippen LogP contribution in [0.15, 0.2) is 17.1 Å². The van der Waals surface area contributed by atoms with E-state index in [1.165, 1.54) is 0 Å². The number of ether oxygens (including phenoxy) is 1. The molecule has 1 saturated heterocycles. The average Bonchev–Trinajstić information content (AvgIpc) is 2.69. The Morgan fingerprint density at radius 3 is 2.45 bits per heavy atom. The van der Waals surface area contributed by atoms with Gasteiger partial charge in [-0.1, -0.05) is 41.5 Å². The molecule has 5 nitrogen and oxygen atoms in total. The Morgan fingerprint density at radius 2 is 1.95 bits per heavy atom. The molecule has 3 atom stereocenters. The van der Waals surface area contributed by atoms with Crippen LogP contribution < -0.4 is 11.4 Å². The molecule has 5 heteroatoms. The molecule has 0 amide bonds. The first-order valence-corrected chi connectivity index (χ1v) is 7.97. The molecule has 2 N–H and O–H groups in total. The summed E-state index contributed by atoms with van der Waals surface area (Å²) < 4.78 is 7.86. The minimum atomic E-state index is -0.337. The Hall–Kier alpha value is -1.36. The molecule has 0 radical (unpaired) electrons. The highest BCUT2D eigenvalue weighted by atomic mass is 16.5. The standard InChI is InChI=1S/C17H29N3O2/c1-16(2,3)10-11-9-12(17(4,5)6)14(22-11)20-8-7-13(18)19-15(20)21/h7-8,11-12,14H,9-10H2,1-6H3,(H2,18,19,21)/t11-,12?,14+/m0/s1. The predicted molar refractivity (Wildman–Crippen MR) is 88.5 cm³/mol. The molecule has 124 valence electrons. The van der Waals surface area contributed by atoms with Crippen molar-refractivity contribution in [3.05, 3.63) is 22.7 Å². The monoisotopic (exact) mass is 307 g/mol. The summed E-state index contributed by atoms with van der Waals surface area (Å²) in [4.78, 5) is 16.0. The summed E-state index contributed by atoms with van der Waals surface area (Å²) in [5, 5.41) is 0. The van der Waals surface area contributed by atoms with Crippen LogP contribution in [-0.4, -0.2) is 15.7 Å². The summed E-state index contributed by atoms with van der Waals surface area (Å²) in [5.41, 5.74) is 5.51. The van der Waals surface area contributed by atoms with Crippen molar-refractivity contribution in [2.24, 2.45) is 16.7 Å². The van der Waals surface area contributed by atoms with E-state index in [0.717, 1.165) is 12.8 Å². The van der Waals surface area contributed by atoms with Crippen molar-refractivity contribution in [2.45, 2.75) is 66.7 Å². The molecule has 22 heavy (non-hydrogen) atoms. The van der Waals surface area contributed by atoms with E-state index in [2.05, 4.69) is 46.5 Å². The molecule has 2 rings (SSSR count). The zero-order valence-corrected chi connectivity index (χ0v) is 14.6. The fourth-order valence-corrected chi connectivity index (χ4v) is 3.22. The van der Waals surface area contributed by atoms with Crippen LogP contribution in [0.3, 0.4) is 0 Å². The maximum absolute atomic E-state index is 12.2. The minimum absolute atomic E-state index is 0.0537. The van der Waals surface area contributed by atoms with Crippen molar-refractivity contribution >= 4 is 5.82 Å². The van der Waals surface area contributed by atoms with E-state index < -0.39 is 0 Å². The highest BCUT2D eigenvalue weighted by Gasteiger charge is 2.44. The van der Waals surface area contributed by atoms with E-state index in [1.54, 1.807) is 16.8 Å². The lowest BCUT2D eigenvalue weighted by Crippen LogP contribution is -2.34. The number of rotatable bonds is 2. The second-order valence-corrected chi connectivity index (χ2v) is 8.66. The van der Waals surface area contributed by atoms with E-state index in [-0.39, 0.29) is 40.6 Å². The van der Waals surface area contributed by atoms with E-state index >= 15 is 0 Å². The maximum atomic E-state index is 12.2. The zero-order valence-electron chi connectivity index (χ0n) is 14.6. The molecule has 2 heterocycles. The Balaban J connectivity index is 2.32. The summed E-state index contributed by atoms with van der Waals surface area (Å²) in [6.07, 6.45) is 3.54. The molecule has 1 aliphatic heterocycles. The van der Waals surface area contributed by atoms with Gasteiger partial charge in [0.25, 0.3) is 0 Å². The SMILES string of the molecule is CC(C)(C)C[C@@H]1CC(C(C)(C)C)[C@H](n2ccc(N)nc2=O)O1. The van der Waals surface area contributed by atoms with Crippen LogP contribution in [-0.2, 0) is 4.74 Å². The molecule has 1 aliphatic rings.